The molecule has 0 aliphatic carbocycles. The monoisotopic (exact) mass is 358 g/mol. The number of amides is 1. The summed E-state index contributed by atoms with van der Waals surface area (Å²) >= 11 is 0. The molecule has 0 bridgehead atoms. The second-order valence-corrected chi connectivity index (χ2v) is 5.81. The molecule has 0 aliphatic rings. The highest BCUT2D eigenvalue weighted by atomic mass is 16.2. The fraction of sp³-hybridized carbons (Fsp3) is 0.0526. The van der Waals surface area contributed by atoms with Crippen LogP contribution >= 0.6 is 0 Å². The van der Waals surface area contributed by atoms with E-state index in [-0.39, 0.29) is 11.3 Å². The number of nitrogens with one attached hydrogen (secondary N) is 1. The molecule has 2 aromatic heterocycles. The van der Waals surface area contributed by atoms with Gasteiger partial charge in [-0.3, -0.25) is 14.6 Å². The van der Waals surface area contributed by atoms with Crippen molar-refractivity contribution in [1.29, 1.82) is 0 Å². The number of hydrogen-bond acceptors (Lipinski definition) is 6. The second-order valence-electron chi connectivity index (χ2n) is 5.81. The van der Waals surface area contributed by atoms with Crippen molar-refractivity contribution in [3.8, 4) is 0 Å². The molecule has 2 heterocycles. The summed E-state index contributed by atoms with van der Waals surface area (Å²) in [6, 6.07) is 14.3. The van der Waals surface area contributed by atoms with E-state index >= 15 is 0 Å². The van der Waals surface area contributed by atoms with Gasteiger partial charge in [-0.25, -0.2) is 15.1 Å². The highest BCUT2D eigenvalue weighted by Gasteiger charge is 2.14. The number of benzene rings is 2. The molecule has 132 valence electrons. The number of nitrogens with zero attached hydrogens (tertiary/aromatic N) is 5. The summed E-state index contributed by atoms with van der Waals surface area (Å²) in [6.45, 7) is 0. The lowest BCUT2D eigenvalue weighted by molar-refractivity contribution is 0.0950. The summed E-state index contributed by atoms with van der Waals surface area (Å²) in [6.07, 6.45) is 2.97. The molecule has 4 aromatic rings. The molecule has 2 aromatic carbocycles. The Labute approximate surface area is 153 Å². The van der Waals surface area contributed by atoms with Crippen LogP contribution in [-0.2, 0) is 7.05 Å². The SMILES string of the molecule is Cn1nc(C(=O)N/N=C\c2cnc3ccccc3n2)c2ccccc2c1=O. The van der Waals surface area contributed by atoms with Gasteiger partial charge in [-0.2, -0.15) is 10.2 Å². The Bertz CT molecular complexity index is 1260. The van der Waals surface area contributed by atoms with Crippen molar-refractivity contribution in [1.82, 2.24) is 25.2 Å². The standard InChI is InChI=1S/C19H14N6O2/c1-25-19(27)14-7-3-2-6-13(14)17(24-25)18(26)23-21-11-12-10-20-15-8-4-5-9-16(15)22-12/h2-11H,1H3,(H,23,26)/b21-11-. The molecule has 0 spiro atoms. The van der Waals surface area contributed by atoms with Gasteiger partial charge in [0.1, 0.15) is 5.69 Å². The van der Waals surface area contributed by atoms with E-state index < -0.39 is 5.91 Å². The Kier molecular flexibility index (Phi) is 4.13. The zero-order valence-corrected chi connectivity index (χ0v) is 14.3. The summed E-state index contributed by atoms with van der Waals surface area (Å²) in [7, 11) is 1.50. The summed E-state index contributed by atoms with van der Waals surface area (Å²) in [5.74, 6) is -0.521. The van der Waals surface area contributed by atoms with Crippen LogP contribution in [0.15, 0.2) is 64.6 Å². The summed E-state index contributed by atoms with van der Waals surface area (Å²) in [5.41, 5.74) is 4.29. The molecule has 0 radical (unpaired) electrons. The topological polar surface area (TPSA) is 102 Å². The molecule has 8 nitrogen and oxygen atoms in total. The molecule has 8 heteroatoms. The van der Waals surface area contributed by atoms with E-state index in [2.05, 4.69) is 25.6 Å². The Hall–Kier alpha value is -3.94. The smallest absolute Gasteiger partial charge is 0.267 e. The minimum Gasteiger partial charge on any atom is -0.267 e. The van der Waals surface area contributed by atoms with Gasteiger partial charge in [0.15, 0.2) is 5.69 Å². The second kappa shape index (κ2) is 6.75. The van der Waals surface area contributed by atoms with E-state index in [9.17, 15) is 9.59 Å². The fourth-order valence-electron chi connectivity index (χ4n) is 2.71. The van der Waals surface area contributed by atoms with Crippen molar-refractivity contribution >= 4 is 33.9 Å². The number of rotatable bonds is 3. The summed E-state index contributed by atoms with van der Waals surface area (Å²) in [5, 5.41) is 8.88. The Morgan fingerprint density at radius 3 is 2.59 bits per heavy atom. The minimum absolute atomic E-state index is 0.120. The van der Waals surface area contributed by atoms with E-state index in [1.54, 1.807) is 30.5 Å². The number of carbonyl (C=O) groups is 1. The van der Waals surface area contributed by atoms with Crippen molar-refractivity contribution in [3.05, 3.63) is 76.5 Å². The van der Waals surface area contributed by atoms with E-state index in [4.69, 9.17) is 0 Å². The van der Waals surface area contributed by atoms with Crippen molar-refractivity contribution in [3.63, 3.8) is 0 Å². The van der Waals surface area contributed by atoms with Gasteiger partial charge < -0.3 is 0 Å². The maximum absolute atomic E-state index is 12.5. The van der Waals surface area contributed by atoms with E-state index in [0.29, 0.717) is 16.5 Å². The normalized spacial score (nSPS) is 11.3. The average Bonchev–Trinajstić information content (AvgIpc) is 2.70. The van der Waals surface area contributed by atoms with E-state index in [1.165, 1.54) is 13.3 Å². The first kappa shape index (κ1) is 16.5. The zero-order chi connectivity index (χ0) is 18.8. The first-order valence-electron chi connectivity index (χ1n) is 8.15. The number of carbonyl (C=O) groups excluding carboxylic acids is 1. The van der Waals surface area contributed by atoms with Gasteiger partial charge in [0.25, 0.3) is 11.5 Å². The third-order valence-electron chi connectivity index (χ3n) is 4.00. The van der Waals surface area contributed by atoms with Gasteiger partial charge in [0.05, 0.1) is 28.8 Å². The van der Waals surface area contributed by atoms with Crippen LogP contribution in [0.3, 0.4) is 0 Å². The van der Waals surface area contributed by atoms with E-state index in [0.717, 1.165) is 15.7 Å². The molecule has 27 heavy (non-hydrogen) atoms. The minimum atomic E-state index is -0.521. The lowest BCUT2D eigenvalue weighted by Crippen LogP contribution is -2.27. The van der Waals surface area contributed by atoms with Crippen LogP contribution < -0.4 is 11.0 Å². The highest BCUT2D eigenvalue weighted by Crippen LogP contribution is 2.12. The molecule has 0 saturated carbocycles. The van der Waals surface area contributed by atoms with Crippen molar-refractivity contribution < 1.29 is 4.79 Å². The van der Waals surface area contributed by atoms with Gasteiger partial charge >= 0.3 is 0 Å². The van der Waals surface area contributed by atoms with Crippen molar-refractivity contribution in [2.75, 3.05) is 0 Å². The third-order valence-corrected chi connectivity index (χ3v) is 4.00. The van der Waals surface area contributed by atoms with Crippen LogP contribution in [0.2, 0.25) is 0 Å². The average molecular weight is 358 g/mol. The quantitative estimate of drug-likeness (QED) is 0.443. The van der Waals surface area contributed by atoms with Crippen LogP contribution in [0.1, 0.15) is 16.2 Å². The molecule has 0 saturated heterocycles. The Balaban J connectivity index is 1.61. The van der Waals surface area contributed by atoms with Gasteiger partial charge in [0, 0.05) is 12.4 Å². The van der Waals surface area contributed by atoms with E-state index in [1.807, 2.05) is 24.3 Å². The lowest BCUT2D eigenvalue weighted by atomic mass is 10.1. The molecule has 0 unspecified atom stereocenters. The number of aryl methyl sites for hydroxylation is 1. The number of hydrogen-bond donors (Lipinski definition) is 1. The molecule has 0 atom stereocenters. The first-order valence-corrected chi connectivity index (χ1v) is 8.15. The van der Waals surface area contributed by atoms with Crippen molar-refractivity contribution in [2.24, 2.45) is 12.1 Å². The van der Waals surface area contributed by atoms with Gasteiger partial charge in [0.2, 0.25) is 0 Å². The predicted molar refractivity (Wildman–Crippen MR) is 102 cm³/mol. The van der Waals surface area contributed by atoms with Crippen LogP contribution in [0.5, 0.6) is 0 Å². The van der Waals surface area contributed by atoms with Gasteiger partial charge in [-0.15, -0.1) is 0 Å². The molecular formula is C19H14N6O2. The predicted octanol–water partition coefficient (Wildman–Crippen LogP) is 1.64. The van der Waals surface area contributed by atoms with Crippen LogP contribution in [-0.4, -0.2) is 31.9 Å². The summed E-state index contributed by atoms with van der Waals surface area (Å²) in [4.78, 5) is 33.3. The first-order chi connectivity index (χ1) is 13.1. The maximum atomic E-state index is 12.5. The molecule has 1 N–H and O–H groups in total. The highest BCUT2D eigenvalue weighted by molar-refractivity contribution is 6.04. The number of hydrazone groups is 1. The van der Waals surface area contributed by atoms with Gasteiger partial charge in [-0.05, 0) is 18.2 Å². The van der Waals surface area contributed by atoms with Crippen LogP contribution in [0, 0.1) is 0 Å². The number of para-hydroxylation sites is 2. The number of aromatic nitrogens is 4. The van der Waals surface area contributed by atoms with Crippen molar-refractivity contribution in [2.45, 2.75) is 0 Å². The maximum Gasteiger partial charge on any atom is 0.292 e. The molecular weight excluding hydrogens is 344 g/mol. The fourth-order valence-corrected chi connectivity index (χ4v) is 2.71. The zero-order valence-electron chi connectivity index (χ0n) is 14.3. The lowest BCUT2D eigenvalue weighted by Gasteiger charge is -2.06. The van der Waals surface area contributed by atoms with Crippen LogP contribution in [0.4, 0.5) is 0 Å². The largest absolute Gasteiger partial charge is 0.292 e. The molecule has 0 aliphatic heterocycles. The van der Waals surface area contributed by atoms with Gasteiger partial charge in [-0.1, -0.05) is 30.3 Å². The molecule has 1 amide bonds. The Morgan fingerprint density at radius 1 is 1.07 bits per heavy atom. The summed E-state index contributed by atoms with van der Waals surface area (Å²) < 4.78 is 1.13. The molecule has 4 rings (SSSR count). The number of fused-ring (bicyclic) bond motifs is 2. The van der Waals surface area contributed by atoms with Crippen LogP contribution in [0.25, 0.3) is 21.8 Å². The Morgan fingerprint density at radius 2 is 1.78 bits per heavy atom. The third kappa shape index (κ3) is 3.15. The molecule has 0 fully saturated rings.